The SMILES string of the molecule is COc1cc(OCC(=O)NC(C(=O)N2C[C@H](O)C[C@H]2C(=O)NC(C)c2ccc(-c3scnc3C)cc2)C(C)(C)C)ccc1-c1ccc(C2=N[C@@H](CC(=O)O)c3nnc(C)n3-c3sc(C)c(C)c32)cc1. The summed E-state index contributed by atoms with van der Waals surface area (Å²) in [5.41, 5.74) is 8.95. The van der Waals surface area contributed by atoms with E-state index in [1.807, 2.05) is 120 Å². The van der Waals surface area contributed by atoms with Crippen molar-refractivity contribution in [1.29, 1.82) is 0 Å². The normalized spacial score (nSPS) is 17.5. The van der Waals surface area contributed by atoms with Crippen LogP contribution in [0.25, 0.3) is 26.6 Å². The summed E-state index contributed by atoms with van der Waals surface area (Å²) in [7, 11) is 1.54. The number of hydrogen-bond donors (Lipinski definition) is 4. The molecule has 3 amide bonds. The van der Waals surface area contributed by atoms with Gasteiger partial charge in [0.2, 0.25) is 11.8 Å². The van der Waals surface area contributed by atoms with Crippen molar-refractivity contribution in [2.24, 2.45) is 10.4 Å². The molecule has 1 saturated heterocycles. The van der Waals surface area contributed by atoms with E-state index in [1.165, 1.54) is 4.90 Å². The van der Waals surface area contributed by atoms with Crippen LogP contribution in [0.15, 0.2) is 77.2 Å². The average Bonchev–Trinajstić information content (AvgIpc) is 4.09. The number of thiophene rings is 1. The summed E-state index contributed by atoms with van der Waals surface area (Å²) < 4.78 is 13.7. The molecule has 0 saturated carbocycles. The van der Waals surface area contributed by atoms with Gasteiger partial charge in [-0.25, -0.2) is 4.98 Å². The van der Waals surface area contributed by atoms with E-state index in [2.05, 4.69) is 25.8 Å². The number of aliphatic carboxylic acids is 1. The molecule has 18 heteroatoms. The third kappa shape index (κ3) is 10.0. The van der Waals surface area contributed by atoms with Gasteiger partial charge in [-0.2, -0.15) is 0 Å². The zero-order chi connectivity index (χ0) is 49.5. The highest BCUT2D eigenvalue weighted by Crippen LogP contribution is 2.41. The molecule has 4 N–H and O–H groups in total. The van der Waals surface area contributed by atoms with Crippen molar-refractivity contribution in [3.8, 4) is 38.1 Å². The Bertz CT molecular complexity index is 2950. The molecular weight excluding hydrogens is 917 g/mol. The minimum Gasteiger partial charge on any atom is -0.496 e. The third-order valence-electron chi connectivity index (χ3n) is 12.7. The lowest BCUT2D eigenvalue weighted by atomic mass is 9.85. The molecule has 69 heavy (non-hydrogen) atoms. The fourth-order valence-corrected chi connectivity index (χ4v) is 10.9. The highest BCUT2D eigenvalue weighted by atomic mass is 32.1. The second kappa shape index (κ2) is 19.7. The van der Waals surface area contributed by atoms with Crippen LogP contribution in [-0.4, -0.2) is 103 Å². The molecule has 8 rings (SSSR count). The van der Waals surface area contributed by atoms with Crippen molar-refractivity contribution < 1.29 is 38.9 Å². The highest BCUT2D eigenvalue weighted by Gasteiger charge is 2.45. The van der Waals surface area contributed by atoms with Crippen LogP contribution in [0.4, 0.5) is 0 Å². The zero-order valence-electron chi connectivity index (χ0n) is 40.0. The summed E-state index contributed by atoms with van der Waals surface area (Å²) in [5.74, 6) is -0.417. The van der Waals surface area contributed by atoms with Crippen molar-refractivity contribution in [2.45, 2.75) is 98.5 Å². The Hall–Kier alpha value is -6.76. The number of aliphatic hydroxyl groups excluding tert-OH is 1. The van der Waals surface area contributed by atoms with Gasteiger partial charge in [0.05, 0.1) is 47.5 Å². The number of aryl methyl sites for hydroxylation is 3. The molecular formula is C51H56N8O8S2. The van der Waals surface area contributed by atoms with Gasteiger partial charge >= 0.3 is 5.97 Å². The number of ether oxygens (including phenoxy) is 2. The number of carboxylic acids is 1. The molecule has 2 unspecified atom stereocenters. The molecule has 3 aromatic heterocycles. The van der Waals surface area contributed by atoms with Crippen LogP contribution in [0, 0.1) is 33.1 Å². The maximum Gasteiger partial charge on any atom is 0.306 e. The quantitative estimate of drug-likeness (QED) is 0.0841. The van der Waals surface area contributed by atoms with Crippen LogP contribution in [0.3, 0.4) is 0 Å². The largest absolute Gasteiger partial charge is 0.496 e. The fourth-order valence-electron chi connectivity index (χ4n) is 8.86. The molecule has 5 heterocycles. The third-order valence-corrected chi connectivity index (χ3v) is 14.8. The van der Waals surface area contributed by atoms with E-state index < -0.39 is 59.9 Å². The second-order valence-electron chi connectivity index (χ2n) is 18.6. The second-order valence-corrected chi connectivity index (χ2v) is 20.7. The lowest BCUT2D eigenvalue weighted by molar-refractivity contribution is -0.144. The summed E-state index contributed by atoms with van der Waals surface area (Å²) >= 11 is 3.16. The Labute approximate surface area is 408 Å². The highest BCUT2D eigenvalue weighted by molar-refractivity contribution is 7.15. The lowest BCUT2D eigenvalue weighted by Gasteiger charge is -2.35. The minimum absolute atomic E-state index is 0.0523. The molecule has 1 fully saturated rings. The minimum atomic E-state index is -1.04. The van der Waals surface area contributed by atoms with Crippen LogP contribution in [0.1, 0.15) is 97.1 Å². The molecule has 5 atom stereocenters. The summed E-state index contributed by atoms with van der Waals surface area (Å²) in [6, 6.07) is 17.8. The number of aliphatic hydroxyl groups is 1. The van der Waals surface area contributed by atoms with Crippen LogP contribution in [0.2, 0.25) is 0 Å². The first-order chi connectivity index (χ1) is 32.8. The Kier molecular flexibility index (Phi) is 13.9. The lowest BCUT2D eigenvalue weighted by Crippen LogP contribution is -2.58. The Morgan fingerprint density at radius 1 is 0.928 bits per heavy atom. The smallest absolute Gasteiger partial charge is 0.306 e. The Morgan fingerprint density at radius 2 is 1.62 bits per heavy atom. The van der Waals surface area contributed by atoms with E-state index in [9.17, 15) is 29.4 Å². The summed E-state index contributed by atoms with van der Waals surface area (Å²) in [5, 5.41) is 36.0. The van der Waals surface area contributed by atoms with E-state index in [-0.39, 0.29) is 25.4 Å². The summed E-state index contributed by atoms with van der Waals surface area (Å²) in [4.78, 5) is 66.5. The van der Waals surface area contributed by atoms with Crippen molar-refractivity contribution in [2.75, 3.05) is 20.3 Å². The van der Waals surface area contributed by atoms with Crippen LogP contribution >= 0.6 is 22.7 Å². The van der Waals surface area contributed by atoms with Gasteiger partial charge in [-0.3, -0.25) is 28.7 Å². The van der Waals surface area contributed by atoms with Crippen molar-refractivity contribution in [3.05, 3.63) is 117 Å². The Balaban J connectivity index is 0.931. The number of amides is 3. The molecule has 2 aliphatic rings. The number of methoxy groups -OCH3 is 1. The fraction of sp³-hybridized carbons (Fsp3) is 0.373. The van der Waals surface area contributed by atoms with Crippen molar-refractivity contribution in [1.82, 2.24) is 35.3 Å². The van der Waals surface area contributed by atoms with Gasteiger partial charge in [-0.05, 0) is 74.4 Å². The number of benzene rings is 3. The number of fused-ring (bicyclic) bond motifs is 3. The predicted octanol–water partition coefficient (Wildman–Crippen LogP) is 7.48. The molecule has 0 bridgehead atoms. The zero-order valence-corrected chi connectivity index (χ0v) is 41.6. The van der Waals surface area contributed by atoms with Gasteiger partial charge in [-0.1, -0.05) is 69.3 Å². The van der Waals surface area contributed by atoms with Crippen LogP contribution in [0.5, 0.6) is 11.5 Å². The maximum atomic E-state index is 14.3. The Morgan fingerprint density at radius 3 is 2.28 bits per heavy atom. The maximum absolute atomic E-state index is 14.3. The molecule has 3 aromatic carbocycles. The first kappa shape index (κ1) is 48.7. The first-order valence-corrected chi connectivity index (χ1v) is 24.3. The van der Waals surface area contributed by atoms with E-state index >= 15 is 0 Å². The number of nitrogens with zero attached hydrogens (tertiary/aromatic N) is 6. The van der Waals surface area contributed by atoms with Gasteiger partial charge in [0, 0.05) is 40.6 Å². The molecule has 0 radical (unpaired) electrons. The van der Waals surface area contributed by atoms with Crippen molar-refractivity contribution in [3.63, 3.8) is 0 Å². The number of β-amino-alcohol motifs (C(OH)–C–C–N with tert-alkyl or cyclic N) is 1. The predicted molar refractivity (Wildman–Crippen MR) is 264 cm³/mol. The number of thiazole rings is 1. The number of hydrogen-bond acceptors (Lipinski definition) is 13. The van der Waals surface area contributed by atoms with E-state index in [1.54, 1.807) is 41.9 Å². The number of carbonyl (C=O) groups excluding carboxylic acids is 3. The van der Waals surface area contributed by atoms with Gasteiger partial charge in [-0.15, -0.1) is 32.9 Å². The molecule has 360 valence electrons. The number of rotatable bonds is 14. The van der Waals surface area contributed by atoms with Gasteiger partial charge in [0.15, 0.2) is 12.4 Å². The van der Waals surface area contributed by atoms with Crippen LogP contribution < -0.4 is 20.1 Å². The van der Waals surface area contributed by atoms with E-state index in [0.717, 1.165) is 59.4 Å². The van der Waals surface area contributed by atoms with Gasteiger partial charge < -0.3 is 35.2 Å². The molecule has 2 aliphatic heterocycles. The average molecular weight is 973 g/mol. The number of carbonyl (C=O) groups is 4. The van der Waals surface area contributed by atoms with Gasteiger partial charge in [0.1, 0.15) is 40.5 Å². The monoisotopic (exact) mass is 972 g/mol. The molecule has 0 aliphatic carbocycles. The van der Waals surface area contributed by atoms with Crippen LogP contribution in [-0.2, 0) is 19.2 Å². The molecule has 16 nitrogen and oxygen atoms in total. The molecule has 6 aromatic rings. The first-order valence-electron chi connectivity index (χ1n) is 22.7. The number of aliphatic imine (C=N–C) groups is 1. The van der Waals surface area contributed by atoms with E-state index in [0.29, 0.717) is 28.9 Å². The van der Waals surface area contributed by atoms with E-state index in [4.69, 9.17) is 14.5 Å². The number of aromatic nitrogens is 4. The summed E-state index contributed by atoms with van der Waals surface area (Å²) in [6.07, 6.45) is -1.09. The number of likely N-dealkylation sites (tertiary alicyclic amines) is 1. The number of carboxylic acid groups (broad SMARTS) is 1. The summed E-state index contributed by atoms with van der Waals surface area (Å²) in [6.45, 7) is 14.8. The topological polar surface area (TPSA) is 210 Å². The number of nitrogens with one attached hydrogen (secondary N) is 2. The van der Waals surface area contributed by atoms with Crippen molar-refractivity contribution >= 4 is 52.1 Å². The van der Waals surface area contributed by atoms with Gasteiger partial charge in [0.25, 0.3) is 5.91 Å². The standard InChI is InChI=1S/C51H56N8O8S2/c1-26-29(4)69-50-43(26)44(54-38(22-42(62)63)47-57-56-30(5)59(47)50)33-14-12-32(13-15-33)37-19-18-36(21-40(37)66-9)67-24-41(61)55-46(51(6,7)8)49(65)58-23-35(60)20-39(58)48(64)53-27(2)31-10-16-34(17-11-31)45-28(3)52-25-68-45/h10-19,21,25,27,35,38-39,46,60H,20,22-24H2,1-9H3,(H,53,64)(H,55,61)(H,62,63)/t27?,35-,38+,39+,46?/m1/s1. The molecule has 0 spiro atoms.